The molecule has 0 amide bonds. The van der Waals surface area contributed by atoms with E-state index in [1.807, 2.05) is 13.8 Å². The second-order valence-corrected chi connectivity index (χ2v) is 8.89. The van der Waals surface area contributed by atoms with E-state index in [1.54, 1.807) is 28.5 Å². The first kappa shape index (κ1) is 18.1. The van der Waals surface area contributed by atoms with Crippen LogP contribution in [0.5, 0.6) is 0 Å². The zero-order valence-corrected chi connectivity index (χ0v) is 14.2. The number of hydrogen-bond acceptors (Lipinski definition) is 5. The topological polar surface area (TPSA) is 43.4 Å². The predicted octanol–water partition coefficient (Wildman–Crippen LogP) is 3.62. The Kier molecular flexibility index (Phi) is 9.07. The van der Waals surface area contributed by atoms with Gasteiger partial charge in [-0.15, -0.1) is 0 Å². The number of carbonyl (C=O) groups is 2. The van der Waals surface area contributed by atoms with Gasteiger partial charge >= 0.3 is 5.97 Å². The van der Waals surface area contributed by atoms with Gasteiger partial charge in [0, 0.05) is 23.5 Å². The van der Waals surface area contributed by atoms with E-state index < -0.39 is 4.32 Å². The van der Waals surface area contributed by atoms with E-state index in [1.165, 1.54) is 0 Å². The molecular weight excluding hydrogens is 336 g/mol. The molecule has 0 radical (unpaired) electrons. The quantitative estimate of drug-likeness (QED) is 0.208. The molecule has 0 aliphatic heterocycles. The summed E-state index contributed by atoms with van der Waals surface area (Å²) in [5, 5.41) is 0. The van der Waals surface area contributed by atoms with E-state index in [-0.39, 0.29) is 11.8 Å². The number of esters is 1. The third kappa shape index (κ3) is 9.05. The summed E-state index contributed by atoms with van der Waals surface area (Å²) in [5.41, 5.74) is 0.415. The number of ketones is 1. The molecule has 0 spiro atoms. The standard InChI is InChI=1S/C12H19BrO3S2/c1-9(2)11(15)16-6-8-18-17-7-5-10(14)12(3,4)13/h1,5-8H2,2-4H3. The summed E-state index contributed by atoms with van der Waals surface area (Å²) in [7, 11) is 3.22. The first-order valence-corrected chi connectivity index (χ1v) is 8.82. The molecule has 6 heteroatoms. The van der Waals surface area contributed by atoms with E-state index in [0.717, 1.165) is 11.5 Å². The van der Waals surface area contributed by atoms with Crippen LogP contribution in [0.25, 0.3) is 0 Å². The maximum atomic E-state index is 11.6. The number of halogens is 1. The van der Waals surface area contributed by atoms with Crippen LogP contribution in [0.15, 0.2) is 12.2 Å². The summed E-state index contributed by atoms with van der Waals surface area (Å²) in [4.78, 5) is 22.6. The van der Waals surface area contributed by atoms with Crippen molar-refractivity contribution >= 4 is 49.3 Å². The maximum absolute atomic E-state index is 11.6. The van der Waals surface area contributed by atoms with Crippen LogP contribution >= 0.6 is 37.5 Å². The summed E-state index contributed by atoms with van der Waals surface area (Å²) in [5.74, 6) is 1.34. The fraction of sp³-hybridized carbons (Fsp3) is 0.667. The van der Waals surface area contributed by atoms with E-state index >= 15 is 0 Å². The molecule has 18 heavy (non-hydrogen) atoms. The SMILES string of the molecule is C=C(C)C(=O)OCCSSCCC(=O)C(C)(C)Br. The molecule has 0 aliphatic rings. The number of Topliss-reactive ketones (excluding diaryl/α,β-unsaturated/α-hetero) is 1. The van der Waals surface area contributed by atoms with E-state index in [0.29, 0.717) is 18.6 Å². The van der Waals surface area contributed by atoms with Gasteiger partial charge in [-0.2, -0.15) is 0 Å². The Labute approximate surface area is 125 Å². The highest BCUT2D eigenvalue weighted by molar-refractivity contribution is 9.10. The normalized spacial score (nSPS) is 11.1. The maximum Gasteiger partial charge on any atom is 0.333 e. The van der Waals surface area contributed by atoms with Crippen LogP contribution in [0.2, 0.25) is 0 Å². The number of hydrogen-bond donors (Lipinski definition) is 0. The second kappa shape index (κ2) is 9.04. The van der Waals surface area contributed by atoms with Crippen LogP contribution in [0, 0.1) is 0 Å². The number of alkyl halides is 1. The lowest BCUT2D eigenvalue weighted by Crippen LogP contribution is -2.24. The molecule has 0 aromatic carbocycles. The van der Waals surface area contributed by atoms with E-state index in [4.69, 9.17) is 4.74 Å². The molecule has 0 unspecified atom stereocenters. The zero-order chi connectivity index (χ0) is 14.2. The minimum Gasteiger partial charge on any atom is -0.461 e. The lowest BCUT2D eigenvalue weighted by atomic mass is 10.1. The fourth-order valence-corrected chi connectivity index (χ4v) is 2.86. The van der Waals surface area contributed by atoms with Crippen molar-refractivity contribution in [2.75, 3.05) is 18.1 Å². The summed E-state index contributed by atoms with van der Waals surface area (Å²) >= 11 is 3.34. The highest BCUT2D eigenvalue weighted by atomic mass is 79.9. The third-order valence-electron chi connectivity index (χ3n) is 1.91. The van der Waals surface area contributed by atoms with Gasteiger partial charge in [0.05, 0.1) is 4.32 Å². The van der Waals surface area contributed by atoms with Gasteiger partial charge < -0.3 is 4.74 Å². The molecule has 0 aromatic heterocycles. The Morgan fingerprint density at radius 2 is 1.83 bits per heavy atom. The van der Waals surface area contributed by atoms with Gasteiger partial charge in [-0.05, 0) is 20.8 Å². The molecular formula is C12H19BrO3S2. The van der Waals surface area contributed by atoms with E-state index in [9.17, 15) is 9.59 Å². The molecule has 0 saturated heterocycles. The van der Waals surface area contributed by atoms with Crippen LogP contribution in [0.4, 0.5) is 0 Å². The smallest absolute Gasteiger partial charge is 0.333 e. The van der Waals surface area contributed by atoms with Crippen LogP contribution in [-0.4, -0.2) is 34.2 Å². The Balaban J connectivity index is 3.45. The molecule has 0 saturated carbocycles. The zero-order valence-electron chi connectivity index (χ0n) is 11.0. The lowest BCUT2D eigenvalue weighted by Gasteiger charge is -2.13. The molecule has 3 nitrogen and oxygen atoms in total. The van der Waals surface area contributed by atoms with Crippen LogP contribution < -0.4 is 0 Å². The molecule has 0 heterocycles. The van der Waals surface area contributed by atoms with Crippen molar-refractivity contribution < 1.29 is 14.3 Å². The van der Waals surface area contributed by atoms with Crippen molar-refractivity contribution in [2.45, 2.75) is 31.5 Å². The van der Waals surface area contributed by atoms with Gasteiger partial charge in [-0.25, -0.2) is 4.79 Å². The van der Waals surface area contributed by atoms with Gasteiger partial charge in [0.1, 0.15) is 12.4 Å². The van der Waals surface area contributed by atoms with Crippen molar-refractivity contribution in [3.8, 4) is 0 Å². The lowest BCUT2D eigenvalue weighted by molar-refractivity contribution is -0.138. The van der Waals surface area contributed by atoms with Crippen molar-refractivity contribution in [3.63, 3.8) is 0 Å². The summed E-state index contributed by atoms with van der Waals surface area (Å²) < 4.78 is 4.50. The largest absolute Gasteiger partial charge is 0.461 e. The highest BCUT2D eigenvalue weighted by Gasteiger charge is 2.22. The molecule has 104 valence electrons. The summed E-state index contributed by atoms with van der Waals surface area (Å²) in [6.07, 6.45) is 0.543. The minimum absolute atomic E-state index is 0.198. The molecule has 0 N–H and O–H groups in total. The molecule has 0 aliphatic carbocycles. The average Bonchev–Trinajstić information content (AvgIpc) is 2.25. The molecule has 0 rings (SSSR count). The minimum atomic E-state index is -0.435. The Hall–Kier alpha value is 0.0600. The first-order valence-electron chi connectivity index (χ1n) is 5.54. The fourth-order valence-electron chi connectivity index (χ4n) is 0.841. The Bertz CT molecular complexity index is 311. The van der Waals surface area contributed by atoms with Gasteiger partial charge in [0.15, 0.2) is 0 Å². The van der Waals surface area contributed by atoms with Crippen molar-refractivity contribution in [1.29, 1.82) is 0 Å². The number of rotatable bonds is 9. The van der Waals surface area contributed by atoms with Gasteiger partial charge in [-0.3, -0.25) is 4.79 Å². The summed E-state index contributed by atoms with van der Waals surface area (Å²) in [6.45, 7) is 9.20. The highest BCUT2D eigenvalue weighted by Crippen LogP contribution is 2.25. The van der Waals surface area contributed by atoms with Crippen LogP contribution in [0.3, 0.4) is 0 Å². The van der Waals surface area contributed by atoms with Crippen molar-refractivity contribution in [2.24, 2.45) is 0 Å². The predicted molar refractivity (Wildman–Crippen MR) is 83.3 cm³/mol. The number of carbonyl (C=O) groups excluding carboxylic acids is 2. The van der Waals surface area contributed by atoms with Gasteiger partial charge in [0.2, 0.25) is 0 Å². The third-order valence-corrected chi connectivity index (χ3v) is 4.72. The Morgan fingerprint density at radius 1 is 1.28 bits per heavy atom. The molecule has 0 fully saturated rings. The summed E-state index contributed by atoms with van der Waals surface area (Å²) in [6, 6.07) is 0. The van der Waals surface area contributed by atoms with Gasteiger partial charge in [0.25, 0.3) is 0 Å². The molecule has 0 atom stereocenters. The van der Waals surface area contributed by atoms with Crippen molar-refractivity contribution in [1.82, 2.24) is 0 Å². The van der Waals surface area contributed by atoms with Gasteiger partial charge in [-0.1, -0.05) is 44.1 Å². The van der Waals surface area contributed by atoms with Crippen molar-refractivity contribution in [3.05, 3.63) is 12.2 Å². The average molecular weight is 355 g/mol. The Morgan fingerprint density at radius 3 is 2.33 bits per heavy atom. The van der Waals surface area contributed by atoms with E-state index in [2.05, 4.69) is 22.5 Å². The number of ether oxygens (including phenoxy) is 1. The first-order chi connectivity index (χ1) is 8.25. The monoisotopic (exact) mass is 354 g/mol. The van der Waals surface area contributed by atoms with Crippen LogP contribution in [0.1, 0.15) is 27.2 Å². The second-order valence-electron chi connectivity index (χ2n) is 4.21. The molecule has 0 bridgehead atoms. The molecule has 0 aromatic rings. The van der Waals surface area contributed by atoms with Crippen LogP contribution in [-0.2, 0) is 14.3 Å².